The van der Waals surface area contributed by atoms with Crippen molar-refractivity contribution in [3.05, 3.63) is 24.3 Å². The summed E-state index contributed by atoms with van der Waals surface area (Å²) in [5.74, 6) is -1.47. The fourth-order valence-electron chi connectivity index (χ4n) is 0.505. The normalized spacial score (nSPS) is 10.2. The zero-order valence-electron chi connectivity index (χ0n) is 5.22. The van der Waals surface area contributed by atoms with Crippen LogP contribution in [0.15, 0.2) is 12.3 Å². The van der Waals surface area contributed by atoms with E-state index in [-0.39, 0.29) is 0 Å². The highest BCUT2D eigenvalue weighted by molar-refractivity contribution is 5.17. The standard InChI is InChI=1S/C6H3F3NO/c7-4-1-2-10-3-5(4)11-6(8)9/h1,3,6H. The molecule has 0 aliphatic carbocycles. The predicted molar refractivity (Wildman–Crippen MR) is 29.7 cm³/mol. The molecule has 0 spiro atoms. The molecule has 1 aromatic heterocycles. The van der Waals surface area contributed by atoms with E-state index >= 15 is 0 Å². The maximum absolute atomic E-state index is 12.4. The number of hydrogen-bond acceptors (Lipinski definition) is 2. The number of pyridine rings is 1. The van der Waals surface area contributed by atoms with Crippen LogP contribution in [-0.4, -0.2) is 11.6 Å². The number of alkyl halides is 2. The van der Waals surface area contributed by atoms with Crippen molar-refractivity contribution in [2.75, 3.05) is 0 Å². The lowest BCUT2D eigenvalue weighted by molar-refractivity contribution is -0.0524. The molecule has 1 rings (SSSR count). The largest absolute Gasteiger partial charge is 0.430 e. The van der Waals surface area contributed by atoms with Crippen LogP contribution >= 0.6 is 0 Å². The fourth-order valence-corrected chi connectivity index (χ4v) is 0.505. The van der Waals surface area contributed by atoms with Gasteiger partial charge in [0.25, 0.3) is 0 Å². The van der Waals surface area contributed by atoms with Gasteiger partial charge in [0.1, 0.15) is 0 Å². The van der Waals surface area contributed by atoms with Crippen molar-refractivity contribution in [3.63, 3.8) is 0 Å². The van der Waals surface area contributed by atoms with Crippen LogP contribution in [-0.2, 0) is 0 Å². The highest BCUT2D eigenvalue weighted by Crippen LogP contribution is 2.15. The smallest absolute Gasteiger partial charge is 0.387 e. The molecule has 1 heterocycles. The second-order valence-electron chi connectivity index (χ2n) is 1.62. The Bertz CT molecular complexity index is 241. The SMILES string of the molecule is Fc1c[c]ncc1OC(F)F. The Balaban J connectivity index is 2.78. The number of halogens is 3. The van der Waals surface area contributed by atoms with Crippen LogP contribution < -0.4 is 4.74 Å². The van der Waals surface area contributed by atoms with Gasteiger partial charge in [-0.1, -0.05) is 0 Å². The molecule has 0 aliphatic heterocycles. The third kappa shape index (κ3) is 2.10. The lowest BCUT2D eigenvalue weighted by Gasteiger charge is -2.02. The summed E-state index contributed by atoms with van der Waals surface area (Å²) in [6, 6.07) is 0.817. The molecule has 0 saturated heterocycles. The first-order valence-corrected chi connectivity index (χ1v) is 2.66. The Hall–Kier alpha value is -1.26. The van der Waals surface area contributed by atoms with Gasteiger partial charge in [-0.05, 0) is 0 Å². The third-order valence-electron chi connectivity index (χ3n) is 0.899. The van der Waals surface area contributed by atoms with Gasteiger partial charge in [-0.15, -0.1) is 0 Å². The van der Waals surface area contributed by atoms with Crippen LogP contribution in [0.2, 0.25) is 0 Å². The molecule has 0 amide bonds. The molecule has 5 heteroatoms. The van der Waals surface area contributed by atoms with Gasteiger partial charge >= 0.3 is 6.61 Å². The summed E-state index contributed by atoms with van der Waals surface area (Å²) in [4.78, 5) is 3.28. The Kier molecular flexibility index (Phi) is 2.30. The molecule has 1 radical (unpaired) electrons. The average Bonchev–Trinajstić information content (AvgIpc) is 1.93. The number of rotatable bonds is 2. The number of hydrogen-bond donors (Lipinski definition) is 0. The van der Waals surface area contributed by atoms with E-state index in [4.69, 9.17) is 0 Å². The first kappa shape index (κ1) is 7.84. The molecule has 0 N–H and O–H groups in total. The monoisotopic (exact) mass is 162 g/mol. The van der Waals surface area contributed by atoms with Gasteiger partial charge in [0.15, 0.2) is 11.6 Å². The first-order valence-electron chi connectivity index (χ1n) is 2.66. The quantitative estimate of drug-likeness (QED) is 0.659. The lowest BCUT2D eigenvalue weighted by atomic mass is 10.4. The van der Waals surface area contributed by atoms with Gasteiger partial charge in [0.05, 0.1) is 12.4 Å². The summed E-state index contributed by atoms with van der Waals surface area (Å²) in [7, 11) is 0. The van der Waals surface area contributed by atoms with Crippen molar-refractivity contribution >= 4 is 0 Å². The van der Waals surface area contributed by atoms with Crippen LogP contribution in [0, 0.1) is 12.0 Å². The molecule has 0 unspecified atom stereocenters. The third-order valence-corrected chi connectivity index (χ3v) is 0.899. The molecule has 0 aromatic carbocycles. The van der Waals surface area contributed by atoms with Crippen molar-refractivity contribution in [2.24, 2.45) is 0 Å². The highest BCUT2D eigenvalue weighted by atomic mass is 19.3. The summed E-state index contributed by atoms with van der Waals surface area (Å²) < 4.78 is 39.1. The maximum atomic E-state index is 12.4. The van der Waals surface area contributed by atoms with Gasteiger partial charge in [-0.3, -0.25) is 4.98 Å². The molecular weight excluding hydrogens is 159 g/mol. The molecule has 2 nitrogen and oxygen atoms in total. The zero-order valence-corrected chi connectivity index (χ0v) is 5.22. The second-order valence-corrected chi connectivity index (χ2v) is 1.62. The molecule has 0 bridgehead atoms. The minimum absolute atomic E-state index is 0.571. The zero-order chi connectivity index (χ0) is 8.27. The topological polar surface area (TPSA) is 22.1 Å². The molecule has 11 heavy (non-hydrogen) atoms. The number of nitrogens with zero attached hydrogens (tertiary/aromatic N) is 1. The molecule has 0 fully saturated rings. The Morgan fingerprint density at radius 1 is 1.55 bits per heavy atom. The van der Waals surface area contributed by atoms with Crippen LogP contribution in [0.1, 0.15) is 0 Å². The number of ether oxygens (including phenoxy) is 1. The van der Waals surface area contributed by atoms with Crippen LogP contribution in [0.3, 0.4) is 0 Å². The van der Waals surface area contributed by atoms with Gasteiger partial charge < -0.3 is 4.74 Å². The van der Waals surface area contributed by atoms with E-state index in [1.807, 2.05) is 0 Å². The van der Waals surface area contributed by atoms with E-state index < -0.39 is 18.2 Å². The molecule has 0 saturated carbocycles. The molecular formula is C6H3F3NO. The van der Waals surface area contributed by atoms with E-state index in [0.717, 1.165) is 12.3 Å². The summed E-state index contributed by atoms with van der Waals surface area (Å²) in [6.07, 6.45) is 2.96. The van der Waals surface area contributed by atoms with Crippen LogP contribution in [0.25, 0.3) is 0 Å². The average molecular weight is 162 g/mol. The van der Waals surface area contributed by atoms with Gasteiger partial charge in [0, 0.05) is 6.07 Å². The maximum Gasteiger partial charge on any atom is 0.387 e. The molecule has 0 aliphatic rings. The van der Waals surface area contributed by atoms with Gasteiger partial charge in [-0.25, -0.2) is 4.39 Å². The molecule has 1 aromatic rings. The highest BCUT2D eigenvalue weighted by Gasteiger charge is 2.08. The fraction of sp³-hybridized carbons (Fsp3) is 0.167. The van der Waals surface area contributed by atoms with Crippen molar-refractivity contribution in [1.29, 1.82) is 0 Å². The van der Waals surface area contributed by atoms with E-state index in [2.05, 4.69) is 15.9 Å². The van der Waals surface area contributed by atoms with Crippen molar-refractivity contribution in [2.45, 2.75) is 6.61 Å². The Morgan fingerprint density at radius 3 is 2.82 bits per heavy atom. The van der Waals surface area contributed by atoms with E-state index in [1.54, 1.807) is 0 Å². The molecule has 59 valence electrons. The second kappa shape index (κ2) is 3.23. The van der Waals surface area contributed by atoms with Crippen LogP contribution in [0.4, 0.5) is 13.2 Å². The summed E-state index contributed by atoms with van der Waals surface area (Å²) in [6.45, 7) is -3.03. The first-order chi connectivity index (χ1) is 5.20. The number of aromatic nitrogens is 1. The van der Waals surface area contributed by atoms with E-state index in [1.165, 1.54) is 0 Å². The summed E-state index contributed by atoms with van der Waals surface area (Å²) >= 11 is 0. The summed E-state index contributed by atoms with van der Waals surface area (Å²) in [5.41, 5.74) is 0. The Labute approximate surface area is 60.6 Å². The van der Waals surface area contributed by atoms with Crippen molar-refractivity contribution in [1.82, 2.24) is 4.98 Å². The van der Waals surface area contributed by atoms with E-state index in [0.29, 0.717) is 0 Å². The van der Waals surface area contributed by atoms with Gasteiger partial charge in [0.2, 0.25) is 0 Å². The molecule has 0 atom stereocenters. The minimum Gasteiger partial charge on any atom is -0.430 e. The van der Waals surface area contributed by atoms with Crippen molar-refractivity contribution < 1.29 is 17.9 Å². The Morgan fingerprint density at radius 2 is 2.27 bits per heavy atom. The van der Waals surface area contributed by atoms with Crippen LogP contribution in [0.5, 0.6) is 5.75 Å². The van der Waals surface area contributed by atoms with Crippen molar-refractivity contribution in [3.8, 4) is 5.75 Å². The van der Waals surface area contributed by atoms with E-state index in [9.17, 15) is 13.2 Å². The predicted octanol–water partition coefficient (Wildman–Crippen LogP) is 1.62. The van der Waals surface area contributed by atoms with Gasteiger partial charge in [-0.2, -0.15) is 8.78 Å². The minimum atomic E-state index is -3.03. The summed E-state index contributed by atoms with van der Waals surface area (Å²) in [5, 5.41) is 0. The lowest BCUT2D eigenvalue weighted by Crippen LogP contribution is -2.03.